The average Bonchev–Trinajstić information content (AvgIpc) is 3.20. The zero-order valence-electron chi connectivity index (χ0n) is 12.6. The van der Waals surface area contributed by atoms with Crippen LogP contribution in [0.2, 0.25) is 0 Å². The summed E-state index contributed by atoms with van der Waals surface area (Å²) in [7, 11) is 0. The number of aryl methyl sites for hydroxylation is 3. The second-order valence-electron chi connectivity index (χ2n) is 5.88. The maximum Gasteiger partial charge on any atom is 0.284 e. The summed E-state index contributed by atoms with van der Waals surface area (Å²) in [5.74, 6) is 1.35. The first-order valence-electron chi connectivity index (χ1n) is 7.72. The number of aromatic nitrogens is 4. The van der Waals surface area contributed by atoms with Crippen LogP contribution in [0.4, 0.5) is 0 Å². The van der Waals surface area contributed by atoms with Gasteiger partial charge in [-0.1, -0.05) is 18.2 Å². The number of benzene rings is 1. The molecule has 3 aromatic heterocycles. The van der Waals surface area contributed by atoms with Crippen LogP contribution in [0.5, 0.6) is 0 Å². The maximum atomic E-state index is 13.0. The zero-order valence-corrected chi connectivity index (χ0v) is 13.4. The van der Waals surface area contributed by atoms with Gasteiger partial charge in [0.15, 0.2) is 0 Å². The molecular formula is C17H14N4OS. The fourth-order valence-corrected chi connectivity index (χ4v) is 4.72. The SMILES string of the molecule is Cc1nn2c(=O)c3c4c(sc3nc2n1-c1ccccc1)CCC4. The molecule has 0 saturated carbocycles. The second kappa shape index (κ2) is 4.52. The van der Waals surface area contributed by atoms with Crippen molar-refractivity contribution < 1.29 is 0 Å². The largest absolute Gasteiger partial charge is 0.284 e. The van der Waals surface area contributed by atoms with Crippen LogP contribution in [-0.4, -0.2) is 19.2 Å². The number of hydrogen-bond donors (Lipinski definition) is 0. The van der Waals surface area contributed by atoms with Gasteiger partial charge in [0.2, 0.25) is 5.78 Å². The van der Waals surface area contributed by atoms with Crippen molar-refractivity contribution in [2.24, 2.45) is 0 Å². The smallest absolute Gasteiger partial charge is 0.266 e. The molecule has 6 heteroatoms. The molecule has 0 aliphatic heterocycles. The Balaban J connectivity index is 1.92. The van der Waals surface area contributed by atoms with Crippen LogP contribution < -0.4 is 5.56 Å². The molecule has 3 heterocycles. The zero-order chi connectivity index (χ0) is 15.6. The van der Waals surface area contributed by atoms with E-state index in [-0.39, 0.29) is 5.56 Å². The van der Waals surface area contributed by atoms with Crippen LogP contribution in [0.15, 0.2) is 35.1 Å². The summed E-state index contributed by atoms with van der Waals surface area (Å²) in [5.41, 5.74) is 2.13. The molecule has 23 heavy (non-hydrogen) atoms. The second-order valence-corrected chi connectivity index (χ2v) is 6.97. The fraction of sp³-hybridized carbons (Fsp3) is 0.235. The van der Waals surface area contributed by atoms with Gasteiger partial charge in [-0.15, -0.1) is 16.4 Å². The van der Waals surface area contributed by atoms with Crippen LogP contribution in [-0.2, 0) is 12.8 Å². The van der Waals surface area contributed by atoms with E-state index in [0.29, 0.717) is 5.78 Å². The number of hydrogen-bond acceptors (Lipinski definition) is 4. The van der Waals surface area contributed by atoms with Crippen molar-refractivity contribution in [1.82, 2.24) is 19.2 Å². The quantitative estimate of drug-likeness (QED) is 0.541. The molecule has 0 bridgehead atoms. The van der Waals surface area contributed by atoms with Crippen LogP contribution in [0, 0.1) is 6.92 Å². The molecule has 0 radical (unpaired) electrons. The highest BCUT2D eigenvalue weighted by Gasteiger charge is 2.23. The Hall–Kier alpha value is -2.47. The third-order valence-electron chi connectivity index (χ3n) is 4.48. The molecule has 0 unspecified atom stereocenters. The minimum absolute atomic E-state index is 0.0396. The minimum atomic E-state index is -0.0396. The predicted octanol–water partition coefficient (Wildman–Crippen LogP) is 2.89. The Bertz CT molecular complexity index is 1120. The Labute approximate surface area is 135 Å². The topological polar surface area (TPSA) is 52.2 Å². The highest BCUT2D eigenvalue weighted by atomic mass is 32.1. The Morgan fingerprint density at radius 1 is 1.17 bits per heavy atom. The lowest BCUT2D eigenvalue weighted by atomic mass is 10.2. The van der Waals surface area contributed by atoms with Crippen molar-refractivity contribution in [2.75, 3.05) is 0 Å². The van der Waals surface area contributed by atoms with E-state index in [1.54, 1.807) is 11.3 Å². The third-order valence-corrected chi connectivity index (χ3v) is 5.67. The molecule has 0 spiro atoms. The molecule has 1 aliphatic carbocycles. The Kier molecular flexibility index (Phi) is 2.56. The molecule has 4 aromatic rings. The van der Waals surface area contributed by atoms with Crippen molar-refractivity contribution in [2.45, 2.75) is 26.2 Å². The van der Waals surface area contributed by atoms with Gasteiger partial charge in [0.05, 0.1) is 11.1 Å². The lowest BCUT2D eigenvalue weighted by Crippen LogP contribution is -2.16. The summed E-state index contributed by atoms with van der Waals surface area (Å²) in [5, 5.41) is 5.23. The standard InChI is InChI=1S/C17H14N4OS/c1-10-19-21-16(22)14-12-8-5-9-13(12)23-15(14)18-17(21)20(10)11-6-3-2-4-7-11/h2-4,6-7H,5,8-9H2,1H3. The normalized spacial score (nSPS) is 14.0. The highest BCUT2D eigenvalue weighted by molar-refractivity contribution is 7.18. The van der Waals surface area contributed by atoms with Crippen molar-refractivity contribution in [3.8, 4) is 5.69 Å². The van der Waals surface area contributed by atoms with Gasteiger partial charge in [-0.3, -0.25) is 9.36 Å². The summed E-state index contributed by atoms with van der Waals surface area (Å²) < 4.78 is 3.39. The summed E-state index contributed by atoms with van der Waals surface area (Å²) in [6, 6.07) is 9.92. The summed E-state index contributed by atoms with van der Waals surface area (Å²) >= 11 is 1.66. The first kappa shape index (κ1) is 13.0. The summed E-state index contributed by atoms with van der Waals surface area (Å²) in [6.07, 6.45) is 3.18. The molecule has 0 N–H and O–H groups in total. The van der Waals surface area contributed by atoms with Crippen molar-refractivity contribution >= 4 is 27.3 Å². The van der Waals surface area contributed by atoms with E-state index in [0.717, 1.165) is 41.0 Å². The van der Waals surface area contributed by atoms with Gasteiger partial charge < -0.3 is 0 Å². The van der Waals surface area contributed by atoms with E-state index in [1.807, 2.05) is 41.8 Å². The molecule has 1 aliphatic rings. The Morgan fingerprint density at radius 3 is 2.83 bits per heavy atom. The van der Waals surface area contributed by atoms with Crippen molar-refractivity contribution in [3.05, 3.63) is 57.0 Å². The van der Waals surface area contributed by atoms with Gasteiger partial charge >= 0.3 is 0 Å². The van der Waals surface area contributed by atoms with E-state index in [2.05, 4.69) is 5.10 Å². The summed E-state index contributed by atoms with van der Waals surface area (Å²) in [4.78, 5) is 19.9. The van der Waals surface area contributed by atoms with Crippen molar-refractivity contribution in [1.29, 1.82) is 0 Å². The van der Waals surface area contributed by atoms with Gasteiger partial charge in [0, 0.05) is 4.88 Å². The lowest BCUT2D eigenvalue weighted by Gasteiger charge is -2.04. The van der Waals surface area contributed by atoms with Gasteiger partial charge in [-0.25, -0.2) is 4.98 Å². The van der Waals surface area contributed by atoms with Crippen LogP contribution in [0.1, 0.15) is 22.7 Å². The van der Waals surface area contributed by atoms with E-state index < -0.39 is 0 Å². The van der Waals surface area contributed by atoms with Crippen LogP contribution >= 0.6 is 11.3 Å². The molecule has 0 saturated heterocycles. The van der Waals surface area contributed by atoms with E-state index in [1.165, 1.54) is 15.0 Å². The number of para-hydroxylation sites is 1. The van der Waals surface area contributed by atoms with E-state index in [9.17, 15) is 4.79 Å². The minimum Gasteiger partial charge on any atom is -0.266 e. The summed E-state index contributed by atoms with van der Waals surface area (Å²) in [6.45, 7) is 1.90. The number of fused-ring (bicyclic) bond motifs is 4. The highest BCUT2D eigenvalue weighted by Crippen LogP contribution is 2.34. The maximum absolute atomic E-state index is 13.0. The molecule has 114 valence electrons. The van der Waals surface area contributed by atoms with Gasteiger partial charge in [-0.05, 0) is 43.9 Å². The predicted molar refractivity (Wildman–Crippen MR) is 90.7 cm³/mol. The van der Waals surface area contributed by atoms with E-state index >= 15 is 0 Å². The van der Waals surface area contributed by atoms with Gasteiger partial charge in [-0.2, -0.15) is 4.52 Å². The fourth-order valence-electron chi connectivity index (χ4n) is 3.47. The van der Waals surface area contributed by atoms with Gasteiger partial charge in [0.1, 0.15) is 10.7 Å². The molecule has 0 fully saturated rings. The molecule has 5 nitrogen and oxygen atoms in total. The first-order valence-corrected chi connectivity index (χ1v) is 8.54. The van der Waals surface area contributed by atoms with E-state index in [4.69, 9.17) is 4.98 Å². The lowest BCUT2D eigenvalue weighted by molar-refractivity contribution is 0.888. The van der Waals surface area contributed by atoms with Crippen LogP contribution in [0.3, 0.4) is 0 Å². The van der Waals surface area contributed by atoms with Gasteiger partial charge in [0.25, 0.3) is 5.56 Å². The number of nitrogens with zero attached hydrogens (tertiary/aromatic N) is 4. The van der Waals surface area contributed by atoms with Crippen molar-refractivity contribution in [3.63, 3.8) is 0 Å². The average molecular weight is 322 g/mol. The number of thiophene rings is 1. The third kappa shape index (κ3) is 1.69. The first-order chi connectivity index (χ1) is 11.2. The molecule has 0 atom stereocenters. The number of rotatable bonds is 1. The Morgan fingerprint density at radius 2 is 2.00 bits per heavy atom. The monoisotopic (exact) mass is 322 g/mol. The molecule has 1 aromatic carbocycles. The molecular weight excluding hydrogens is 308 g/mol. The molecule has 5 rings (SSSR count). The molecule has 0 amide bonds. The van der Waals surface area contributed by atoms with Crippen LogP contribution in [0.25, 0.3) is 21.7 Å².